The van der Waals surface area contributed by atoms with Gasteiger partial charge in [-0.05, 0) is 29.8 Å². The summed E-state index contributed by atoms with van der Waals surface area (Å²) in [6.45, 7) is 1.53. The molecule has 1 aromatic heterocycles. The average Bonchev–Trinajstić information content (AvgIpc) is 3.08. The zero-order valence-corrected chi connectivity index (χ0v) is 12.5. The molecule has 0 unspecified atom stereocenters. The van der Waals surface area contributed by atoms with E-state index in [1.54, 1.807) is 6.26 Å². The minimum absolute atomic E-state index is 0.0727. The molecule has 0 saturated heterocycles. The second-order valence-corrected chi connectivity index (χ2v) is 5.58. The maximum atomic E-state index is 11.8. The first-order valence-corrected chi connectivity index (χ1v) is 7.11. The highest BCUT2D eigenvalue weighted by Gasteiger charge is 2.32. The predicted molar refractivity (Wildman–Crippen MR) is 79.3 cm³/mol. The van der Waals surface area contributed by atoms with E-state index in [1.807, 2.05) is 36.4 Å². The van der Waals surface area contributed by atoms with Crippen molar-refractivity contribution in [3.8, 4) is 0 Å². The Labute approximate surface area is 125 Å². The first-order chi connectivity index (χ1) is 9.65. The van der Waals surface area contributed by atoms with Crippen LogP contribution in [0.1, 0.15) is 30.7 Å². The first-order valence-electron chi connectivity index (χ1n) is 6.32. The minimum atomic E-state index is -0.0786. The van der Waals surface area contributed by atoms with E-state index in [4.69, 9.17) is 4.42 Å². The second-order valence-electron chi connectivity index (χ2n) is 4.66. The van der Waals surface area contributed by atoms with Gasteiger partial charge in [0.1, 0.15) is 11.5 Å². The number of carbonyl (C=O) groups excluding carboxylic acids is 1. The van der Waals surface area contributed by atoms with Crippen LogP contribution in [0.4, 0.5) is 0 Å². The molecule has 1 aliphatic rings. The lowest BCUT2D eigenvalue weighted by atomic mass is 10.0. The Bertz CT molecular complexity index is 664. The van der Waals surface area contributed by atoms with Crippen molar-refractivity contribution in [2.24, 2.45) is 5.10 Å². The van der Waals surface area contributed by atoms with Gasteiger partial charge in [0.25, 0.3) is 0 Å². The van der Waals surface area contributed by atoms with E-state index in [9.17, 15) is 4.79 Å². The third-order valence-corrected chi connectivity index (χ3v) is 3.77. The van der Waals surface area contributed by atoms with Gasteiger partial charge in [0.2, 0.25) is 5.91 Å². The average molecular weight is 333 g/mol. The molecule has 4 nitrogen and oxygen atoms in total. The molecule has 1 aromatic carbocycles. The van der Waals surface area contributed by atoms with Gasteiger partial charge in [0.15, 0.2) is 0 Å². The number of hydrazone groups is 1. The Morgan fingerprint density at radius 2 is 2.25 bits per heavy atom. The fourth-order valence-electron chi connectivity index (χ4n) is 2.37. The Hall–Kier alpha value is -1.88. The summed E-state index contributed by atoms with van der Waals surface area (Å²) in [5, 5.41) is 5.94. The number of halogens is 1. The number of hydrogen-bond acceptors (Lipinski definition) is 3. The van der Waals surface area contributed by atoms with Crippen LogP contribution in [0, 0.1) is 0 Å². The summed E-state index contributed by atoms with van der Waals surface area (Å²) in [7, 11) is 0. The molecule has 0 spiro atoms. The van der Waals surface area contributed by atoms with Crippen molar-refractivity contribution in [3.05, 3.63) is 58.5 Å². The van der Waals surface area contributed by atoms with Gasteiger partial charge in [0.05, 0.1) is 12.3 Å². The largest absolute Gasteiger partial charge is 0.463 e. The Morgan fingerprint density at radius 3 is 2.90 bits per heavy atom. The van der Waals surface area contributed by atoms with Gasteiger partial charge in [-0.15, -0.1) is 0 Å². The number of furan rings is 1. The molecule has 0 radical (unpaired) electrons. The van der Waals surface area contributed by atoms with E-state index in [1.165, 1.54) is 11.9 Å². The Morgan fingerprint density at radius 1 is 1.40 bits per heavy atom. The van der Waals surface area contributed by atoms with Crippen molar-refractivity contribution in [3.63, 3.8) is 0 Å². The smallest absolute Gasteiger partial charge is 0.240 e. The molecule has 102 valence electrons. The van der Waals surface area contributed by atoms with Gasteiger partial charge in [-0.2, -0.15) is 5.10 Å². The SMILES string of the molecule is CC(=O)N1N=C(c2ccco2)C[C@@H]1c1cccc(Br)c1. The lowest BCUT2D eigenvalue weighted by Crippen LogP contribution is -2.24. The topological polar surface area (TPSA) is 45.8 Å². The summed E-state index contributed by atoms with van der Waals surface area (Å²) in [4.78, 5) is 11.8. The number of rotatable bonds is 2. The summed E-state index contributed by atoms with van der Waals surface area (Å²) in [5.41, 5.74) is 1.86. The maximum absolute atomic E-state index is 11.8. The van der Waals surface area contributed by atoms with Crippen molar-refractivity contribution < 1.29 is 9.21 Å². The molecular weight excluding hydrogens is 320 g/mol. The molecule has 0 bridgehead atoms. The molecule has 0 fully saturated rings. The van der Waals surface area contributed by atoms with Crippen molar-refractivity contribution in [2.75, 3.05) is 0 Å². The molecule has 0 saturated carbocycles. The van der Waals surface area contributed by atoms with Crippen LogP contribution in [0.2, 0.25) is 0 Å². The summed E-state index contributed by atoms with van der Waals surface area (Å²) < 4.78 is 6.37. The van der Waals surface area contributed by atoms with E-state index in [0.29, 0.717) is 12.2 Å². The minimum Gasteiger partial charge on any atom is -0.463 e. The zero-order chi connectivity index (χ0) is 14.1. The number of amides is 1. The van der Waals surface area contributed by atoms with Crippen LogP contribution in [-0.2, 0) is 4.79 Å². The standard InChI is InChI=1S/C15H13BrN2O2/c1-10(19)18-14(11-4-2-5-12(16)8-11)9-13(17-18)15-6-3-7-20-15/h2-8,14H,9H2,1H3/t14-/m1/s1. The molecular formula is C15H13BrN2O2. The van der Waals surface area contributed by atoms with E-state index in [-0.39, 0.29) is 11.9 Å². The van der Waals surface area contributed by atoms with E-state index < -0.39 is 0 Å². The highest BCUT2D eigenvalue weighted by Crippen LogP contribution is 2.33. The van der Waals surface area contributed by atoms with Crippen LogP contribution in [0.5, 0.6) is 0 Å². The molecule has 5 heteroatoms. The van der Waals surface area contributed by atoms with Gasteiger partial charge in [0, 0.05) is 17.8 Å². The third kappa shape index (κ3) is 2.41. The first kappa shape index (κ1) is 13.1. The number of nitrogens with zero attached hydrogens (tertiary/aromatic N) is 2. The molecule has 1 aliphatic heterocycles. The second kappa shape index (κ2) is 5.25. The quantitative estimate of drug-likeness (QED) is 0.840. The molecule has 20 heavy (non-hydrogen) atoms. The fraction of sp³-hybridized carbons (Fsp3) is 0.200. The third-order valence-electron chi connectivity index (χ3n) is 3.27. The van der Waals surface area contributed by atoms with Crippen molar-refractivity contribution >= 4 is 27.5 Å². The summed E-state index contributed by atoms with van der Waals surface area (Å²) in [6, 6.07) is 11.5. The molecule has 0 N–H and O–H groups in total. The molecule has 2 heterocycles. The lowest BCUT2D eigenvalue weighted by molar-refractivity contribution is -0.130. The van der Waals surface area contributed by atoms with Crippen LogP contribution in [0.3, 0.4) is 0 Å². The van der Waals surface area contributed by atoms with E-state index >= 15 is 0 Å². The number of benzene rings is 1. The van der Waals surface area contributed by atoms with Gasteiger partial charge < -0.3 is 4.42 Å². The van der Waals surface area contributed by atoms with Crippen molar-refractivity contribution in [2.45, 2.75) is 19.4 Å². The lowest BCUT2D eigenvalue weighted by Gasteiger charge is -2.20. The molecule has 1 atom stereocenters. The molecule has 1 amide bonds. The summed E-state index contributed by atoms with van der Waals surface area (Å²) in [5.74, 6) is 0.644. The van der Waals surface area contributed by atoms with Crippen LogP contribution < -0.4 is 0 Å². The Balaban J connectivity index is 1.95. The molecule has 2 aromatic rings. The van der Waals surface area contributed by atoms with Crippen molar-refractivity contribution in [1.82, 2.24) is 5.01 Å². The monoisotopic (exact) mass is 332 g/mol. The fourth-order valence-corrected chi connectivity index (χ4v) is 2.78. The highest BCUT2D eigenvalue weighted by molar-refractivity contribution is 9.10. The van der Waals surface area contributed by atoms with Gasteiger partial charge in [-0.3, -0.25) is 4.79 Å². The number of hydrogen-bond donors (Lipinski definition) is 0. The number of carbonyl (C=O) groups is 1. The van der Waals surface area contributed by atoms with Crippen LogP contribution in [-0.4, -0.2) is 16.6 Å². The van der Waals surface area contributed by atoms with Gasteiger partial charge in [-0.25, -0.2) is 5.01 Å². The van der Waals surface area contributed by atoms with Gasteiger partial charge >= 0.3 is 0 Å². The predicted octanol–water partition coefficient (Wildman–Crippen LogP) is 3.74. The van der Waals surface area contributed by atoms with Crippen molar-refractivity contribution in [1.29, 1.82) is 0 Å². The Kier molecular flexibility index (Phi) is 3.44. The summed E-state index contributed by atoms with van der Waals surface area (Å²) in [6.07, 6.45) is 2.27. The summed E-state index contributed by atoms with van der Waals surface area (Å²) >= 11 is 3.46. The maximum Gasteiger partial charge on any atom is 0.240 e. The van der Waals surface area contributed by atoms with E-state index in [2.05, 4.69) is 21.0 Å². The van der Waals surface area contributed by atoms with Crippen LogP contribution >= 0.6 is 15.9 Å². The van der Waals surface area contributed by atoms with Crippen LogP contribution in [0.25, 0.3) is 0 Å². The van der Waals surface area contributed by atoms with Crippen LogP contribution in [0.15, 0.2) is 56.7 Å². The molecule has 0 aliphatic carbocycles. The highest BCUT2D eigenvalue weighted by atomic mass is 79.9. The van der Waals surface area contributed by atoms with Gasteiger partial charge in [-0.1, -0.05) is 28.1 Å². The zero-order valence-electron chi connectivity index (χ0n) is 10.9. The van der Waals surface area contributed by atoms with E-state index in [0.717, 1.165) is 15.7 Å². The normalized spacial score (nSPS) is 18.2. The molecule has 3 rings (SSSR count).